The van der Waals surface area contributed by atoms with Gasteiger partial charge in [0.2, 0.25) is 11.1 Å². The highest BCUT2D eigenvalue weighted by Crippen LogP contribution is 2.39. The van der Waals surface area contributed by atoms with Gasteiger partial charge in [-0.05, 0) is 44.2 Å². The molecule has 0 fully saturated rings. The lowest BCUT2D eigenvalue weighted by molar-refractivity contribution is -0.136. The molecule has 1 N–H and O–H groups in total. The molecule has 2 heterocycles. The number of allylic oxidation sites excluding steroid dienone is 1. The number of esters is 1. The fourth-order valence-corrected chi connectivity index (χ4v) is 4.34. The van der Waals surface area contributed by atoms with Crippen LogP contribution in [0.25, 0.3) is 0 Å². The van der Waals surface area contributed by atoms with Crippen LogP contribution in [-0.2, 0) is 14.3 Å². The van der Waals surface area contributed by atoms with Gasteiger partial charge in [-0.1, -0.05) is 24.8 Å². The molecule has 2 aromatic rings. The number of nitrogens with zero attached hydrogens (tertiary/aromatic N) is 4. The normalized spacial score (nSPS) is 14.8. The number of benzene rings is 1. The van der Waals surface area contributed by atoms with Gasteiger partial charge in [-0.2, -0.15) is 4.98 Å². The summed E-state index contributed by atoms with van der Waals surface area (Å²) in [6, 6.07) is 4.75. The zero-order chi connectivity index (χ0) is 24.8. The Balaban J connectivity index is 1.99. The fourth-order valence-electron chi connectivity index (χ4n) is 3.78. The molecule has 1 aliphatic rings. The summed E-state index contributed by atoms with van der Waals surface area (Å²) in [5.41, 5.74) is 1.79. The van der Waals surface area contributed by atoms with Crippen molar-refractivity contribution in [2.45, 2.75) is 38.9 Å². The van der Waals surface area contributed by atoms with E-state index in [1.807, 2.05) is 26.8 Å². The van der Waals surface area contributed by atoms with Gasteiger partial charge in [-0.3, -0.25) is 4.79 Å². The second-order valence-electron chi connectivity index (χ2n) is 7.42. The van der Waals surface area contributed by atoms with Gasteiger partial charge in [0.15, 0.2) is 18.1 Å². The molecule has 0 saturated carbocycles. The quantitative estimate of drug-likeness (QED) is 0.398. The number of aromatic nitrogens is 3. The largest absolute Gasteiger partial charge is 0.493 e. The van der Waals surface area contributed by atoms with Crippen molar-refractivity contribution in [1.82, 2.24) is 19.7 Å². The van der Waals surface area contributed by atoms with E-state index in [4.69, 9.17) is 14.2 Å². The Hall–Kier alpha value is -3.21. The Kier molecular flexibility index (Phi) is 8.43. The van der Waals surface area contributed by atoms with Crippen molar-refractivity contribution < 1.29 is 23.8 Å². The first-order chi connectivity index (χ1) is 16.4. The fraction of sp³-hybridized carbons (Fsp3) is 0.478. The van der Waals surface area contributed by atoms with Crippen LogP contribution in [0.5, 0.6) is 11.5 Å². The van der Waals surface area contributed by atoms with Crippen molar-refractivity contribution in [3.8, 4) is 11.5 Å². The van der Waals surface area contributed by atoms with E-state index in [0.29, 0.717) is 47.0 Å². The van der Waals surface area contributed by atoms with E-state index in [-0.39, 0.29) is 12.5 Å². The van der Waals surface area contributed by atoms with Crippen molar-refractivity contribution in [2.24, 2.45) is 0 Å². The number of thioether (sulfide) groups is 1. The number of carbonyl (C=O) groups excluding carboxylic acids is 2. The van der Waals surface area contributed by atoms with E-state index in [1.54, 1.807) is 28.6 Å². The highest BCUT2D eigenvalue weighted by atomic mass is 32.2. The maximum absolute atomic E-state index is 12.7. The number of hydrogen-bond acceptors (Lipinski definition) is 9. The molecule has 184 valence electrons. The molecule has 34 heavy (non-hydrogen) atoms. The topological polar surface area (TPSA) is 108 Å². The van der Waals surface area contributed by atoms with Crippen molar-refractivity contribution >= 4 is 29.6 Å². The summed E-state index contributed by atoms with van der Waals surface area (Å²) in [5, 5.41) is 8.38. The van der Waals surface area contributed by atoms with Crippen molar-refractivity contribution in [3.63, 3.8) is 0 Å². The third kappa shape index (κ3) is 5.14. The minimum atomic E-state index is -0.581. The summed E-state index contributed by atoms with van der Waals surface area (Å²) in [6.07, 6.45) is 0. The lowest BCUT2D eigenvalue weighted by Crippen LogP contribution is -2.34. The molecule has 0 radical (unpaired) electrons. The second-order valence-corrected chi connectivity index (χ2v) is 8.65. The average molecular weight is 490 g/mol. The number of fused-ring (bicyclic) bond motifs is 1. The SMILES string of the molecule is CCSc1nc2n(n1)C(c1ccc(OCC(=O)N(CC)CC)c(OC)c1)C(C(=O)OC)=C(C)N2. The molecule has 0 saturated heterocycles. The molecule has 10 nitrogen and oxygen atoms in total. The molecule has 1 unspecified atom stereocenters. The predicted octanol–water partition coefficient (Wildman–Crippen LogP) is 3.11. The number of ether oxygens (including phenoxy) is 3. The zero-order valence-electron chi connectivity index (χ0n) is 20.4. The number of anilines is 1. The molecule has 0 spiro atoms. The van der Waals surface area contributed by atoms with Crippen LogP contribution in [0.2, 0.25) is 0 Å². The third-order valence-electron chi connectivity index (χ3n) is 5.48. The van der Waals surface area contributed by atoms with E-state index >= 15 is 0 Å². The van der Waals surface area contributed by atoms with E-state index < -0.39 is 12.0 Å². The molecular weight excluding hydrogens is 458 g/mol. The van der Waals surface area contributed by atoms with Crippen LogP contribution in [0.3, 0.4) is 0 Å². The van der Waals surface area contributed by atoms with Crippen molar-refractivity contribution in [3.05, 3.63) is 35.0 Å². The first kappa shape index (κ1) is 25.4. The highest BCUT2D eigenvalue weighted by molar-refractivity contribution is 7.99. The second kappa shape index (κ2) is 11.3. The molecule has 1 aliphatic heterocycles. The summed E-state index contributed by atoms with van der Waals surface area (Å²) in [4.78, 5) is 31.3. The van der Waals surface area contributed by atoms with Gasteiger partial charge in [0, 0.05) is 18.8 Å². The number of rotatable bonds is 10. The number of amides is 1. The monoisotopic (exact) mass is 489 g/mol. The van der Waals surface area contributed by atoms with Crippen molar-refractivity contribution in [2.75, 3.05) is 45.0 Å². The number of hydrogen-bond donors (Lipinski definition) is 1. The summed E-state index contributed by atoms with van der Waals surface area (Å²) in [6.45, 7) is 8.81. The summed E-state index contributed by atoms with van der Waals surface area (Å²) in [5.74, 6) is 1.66. The van der Waals surface area contributed by atoms with Gasteiger partial charge in [0.05, 0.1) is 19.8 Å². The Morgan fingerprint density at radius 2 is 1.91 bits per heavy atom. The zero-order valence-corrected chi connectivity index (χ0v) is 21.2. The van der Waals surface area contributed by atoms with Crippen LogP contribution in [0, 0.1) is 0 Å². The molecule has 3 rings (SSSR count). The number of likely N-dealkylation sites (N-methyl/N-ethyl adjacent to an activating group) is 1. The first-order valence-electron chi connectivity index (χ1n) is 11.1. The maximum Gasteiger partial charge on any atom is 0.338 e. The number of methoxy groups -OCH3 is 2. The van der Waals surface area contributed by atoms with Gasteiger partial charge < -0.3 is 24.4 Å². The van der Waals surface area contributed by atoms with Gasteiger partial charge >= 0.3 is 5.97 Å². The highest BCUT2D eigenvalue weighted by Gasteiger charge is 2.35. The Morgan fingerprint density at radius 3 is 2.53 bits per heavy atom. The lowest BCUT2D eigenvalue weighted by atomic mass is 9.95. The van der Waals surface area contributed by atoms with E-state index in [2.05, 4.69) is 15.4 Å². The molecule has 0 aliphatic carbocycles. The summed E-state index contributed by atoms with van der Waals surface area (Å²) < 4.78 is 18.1. The summed E-state index contributed by atoms with van der Waals surface area (Å²) >= 11 is 1.51. The van der Waals surface area contributed by atoms with E-state index in [9.17, 15) is 9.59 Å². The van der Waals surface area contributed by atoms with Crippen LogP contribution in [0.4, 0.5) is 5.95 Å². The molecular formula is C23H31N5O5S. The van der Waals surface area contributed by atoms with Gasteiger partial charge in [0.1, 0.15) is 6.04 Å². The van der Waals surface area contributed by atoms with Crippen LogP contribution >= 0.6 is 11.8 Å². The van der Waals surface area contributed by atoms with Crippen LogP contribution < -0.4 is 14.8 Å². The predicted molar refractivity (Wildman–Crippen MR) is 129 cm³/mol. The molecule has 1 aromatic carbocycles. The molecule has 11 heteroatoms. The van der Waals surface area contributed by atoms with Gasteiger partial charge in [0.25, 0.3) is 5.91 Å². The smallest absolute Gasteiger partial charge is 0.338 e. The molecule has 1 atom stereocenters. The molecule has 1 aromatic heterocycles. The van der Waals surface area contributed by atoms with Crippen molar-refractivity contribution in [1.29, 1.82) is 0 Å². The minimum Gasteiger partial charge on any atom is -0.493 e. The standard InChI is InChI=1S/C23H31N5O5S/c1-7-27(8-2)18(29)13-33-16-11-10-15(12-17(16)31-5)20-19(21(30)32-6)14(4)24-22-25-23(34-9-3)26-28(20)22/h10-12,20H,7-9,13H2,1-6H3,(H,24,25,26). The minimum absolute atomic E-state index is 0.0953. The van der Waals surface area contributed by atoms with Gasteiger partial charge in [-0.25, -0.2) is 9.48 Å². The Bertz CT molecular complexity index is 1080. The maximum atomic E-state index is 12.7. The van der Waals surface area contributed by atoms with Crippen LogP contribution in [-0.4, -0.2) is 71.2 Å². The number of nitrogens with one attached hydrogen (secondary N) is 1. The third-order valence-corrected chi connectivity index (χ3v) is 6.20. The Morgan fingerprint density at radius 1 is 1.18 bits per heavy atom. The Labute approximate surface area is 203 Å². The van der Waals surface area contributed by atoms with Gasteiger partial charge in [-0.15, -0.1) is 5.10 Å². The molecule has 1 amide bonds. The van der Waals surface area contributed by atoms with E-state index in [1.165, 1.54) is 26.0 Å². The average Bonchev–Trinajstić information content (AvgIpc) is 3.24. The first-order valence-corrected chi connectivity index (χ1v) is 12.1. The van der Waals surface area contributed by atoms with E-state index in [0.717, 1.165) is 11.3 Å². The lowest BCUT2D eigenvalue weighted by Gasteiger charge is -2.28. The summed E-state index contributed by atoms with van der Waals surface area (Å²) in [7, 11) is 2.87. The van der Waals surface area contributed by atoms with Crippen LogP contribution in [0.1, 0.15) is 39.3 Å². The molecule has 0 bridgehead atoms. The van der Waals surface area contributed by atoms with Crippen LogP contribution in [0.15, 0.2) is 34.6 Å². The number of carbonyl (C=O) groups is 2.